The number of halogens is 2. The maximum atomic E-state index is 13.9. The average molecular weight is 593 g/mol. The third kappa shape index (κ3) is 5.73. The molecule has 0 saturated carbocycles. The highest BCUT2D eigenvalue weighted by Gasteiger charge is 2.45. The van der Waals surface area contributed by atoms with Gasteiger partial charge in [-0.1, -0.05) is 66.8 Å². The minimum Gasteiger partial charge on any atom is -0.384 e. The summed E-state index contributed by atoms with van der Waals surface area (Å²) in [4.78, 5) is 27.7. The molecule has 1 aromatic heterocycles. The van der Waals surface area contributed by atoms with Crippen LogP contribution in [-0.4, -0.2) is 27.6 Å². The maximum Gasteiger partial charge on any atom is 0.234 e. The van der Waals surface area contributed by atoms with Crippen molar-refractivity contribution in [2.75, 3.05) is 16.0 Å². The summed E-state index contributed by atoms with van der Waals surface area (Å²) in [7, 11) is 0. The van der Waals surface area contributed by atoms with E-state index >= 15 is 0 Å². The summed E-state index contributed by atoms with van der Waals surface area (Å²) in [6, 6.07) is 12.9. The van der Waals surface area contributed by atoms with E-state index in [2.05, 4.69) is 21.6 Å². The van der Waals surface area contributed by atoms with Crippen LogP contribution in [0.1, 0.15) is 43.7 Å². The van der Waals surface area contributed by atoms with E-state index in [0.717, 1.165) is 46.4 Å². The number of hydrogen-bond donors (Lipinski definition) is 2. The molecule has 0 bridgehead atoms. The summed E-state index contributed by atoms with van der Waals surface area (Å²) >= 11 is 2.24. The highest BCUT2D eigenvalue weighted by molar-refractivity contribution is 8.01. The van der Waals surface area contributed by atoms with Gasteiger partial charge in [0.2, 0.25) is 11.0 Å². The van der Waals surface area contributed by atoms with Crippen LogP contribution in [0.4, 0.5) is 19.6 Å². The molecule has 0 saturated heterocycles. The standard InChI is InChI=1S/C29H26F2N6O2S2/c1-15-4-6-16(7-5-15)24-18(13-32)26(33)37(21-11-29(2,3)12-22(38)25(21)24)27-35-36-28(41-27)40-14-23(39)34-20-9-8-17(30)10-19(20)31/h4-10,24H,11-12,14,33H2,1-3H3,(H,34,39). The van der Waals surface area contributed by atoms with Gasteiger partial charge in [-0.2, -0.15) is 5.26 Å². The molecule has 1 aliphatic carbocycles. The lowest BCUT2D eigenvalue weighted by atomic mass is 9.68. The zero-order chi connectivity index (χ0) is 29.5. The number of allylic oxidation sites excluding steroid dienone is 3. The molecule has 0 radical (unpaired) electrons. The van der Waals surface area contributed by atoms with Crippen molar-refractivity contribution in [3.63, 3.8) is 0 Å². The number of aryl methyl sites for hydroxylation is 1. The lowest BCUT2D eigenvalue weighted by Gasteiger charge is -2.42. The Morgan fingerprint density at radius 3 is 2.63 bits per heavy atom. The molecule has 41 heavy (non-hydrogen) atoms. The number of nitrogens with zero attached hydrogens (tertiary/aromatic N) is 4. The normalized spacial score (nSPS) is 18.3. The molecule has 1 atom stereocenters. The Bertz CT molecular complexity index is 1660. The second-order valence-electron chi connectivity index (χ2n) is 10.7. The van der Waals surface area contributed by atoms with Gasteiger partial charge in [0.25, 0.3) is 0 Å². The number of amides is 1. The number of thioether (sulfide) groups is 1. The molecule has 1 aliphatic heterocycles. The van der Waals surface area contributed by atoms with E-state index in [1.165, 1.54) is 0 Å². The molecule has 0 fully saturated rings. The van der Waals surface area contributed by atoms with Crippen molar-refractivity contribution in [2.24, 2.45) is 11.1 Å². The molecule has 0 spiro atoms. The number of rotatable bonds is 6. The number of nitriles is 1. The molecule has 5 rings (SSSR count). The van der Waals surface area contributed by atoms with Gasteiger partial charge in [-0.05, 0) is 36.5 Å². The van der Waals surface area contributed by atoms with Gasteiger partial charge in [0, 0.05) is 23.8 Å². The molecule has 12 heteroatoms. The maximum absolute atomic E-state index is 13.9. The summed E-state index contributed by atoms with van der Waals surface area (Å²) in [5, 5.41) is 21.5. The molecule has 210 valence electrons. The Hall–Kier alpha value is -4.08. The minimum atomic E-state index is -0.875. The van der Waals surface area contributed by atoms with Gasteiger partial charge in [-0.3, -0.25) is 14.5 Å². The molecule has 3 aromatic rings. The van der Waals surface area contributed by atoms with Gasteiger partial charge >= 0.3 is 0 Å². The smallest absolute Gasteiger partial charge is 0.234 e. The number of anilines is 2. The van der Waals surface area contributed by atoms with Gasteiger partial charge in [0.15, 0.2) is 10.1 Å². The number of nitrogens with one attached hydrogen (secondary N) is 1. The second-order valence-corrected chi connectivity index (χ2v) is 12.9. The van der Waals surface area contributed by atoms with Crippen LogP contribution in [0.25, 0.3) is 0 Å². The van der Waals surface area contributed by atoms with Crippen LogP contribution in [0.5, 0.6) is 0 Å². The van der Waals surface area contributed by atoms with Crippen LogP contribution in [0.2, 0.25) is 0 Å². The largest absolute Gasteiger partial charge is 0.384 e. The Morgan fingerprint density at radius 1 is 1.22 bits per heavy atom. The first-order valence-electron chi connectivity index (χ1n) is 12.7. The van der Waals surface area contributed by atoms with Gasteiger partial charge < -0.3 is 11.1 Å². The lowest BCUT2D eigenvalue weighted by molar-refractivity contribution is -0.118. The van der Waals surface area contributed by atoms with E-state index in [0.29, 0.717) is 39.6 Å². The fourth-order valence-electron chi connectivity index (χ4n) is 5.08. The highest BCUT2D eigenvalue weighted by atomic mass is 32.2. The predicted molar refractivity (Wildman–Crippen MR) is 154 cm³/mol. The number of carbonyl (C=O) groups is 2. The van der Waals surface area contributed by atoms with Crippen molar-refractivity contribution >= 4 is 45.6 Å². The first kappa shape index (κ1) is 28.4. The highest BCUT2D eigenvalue weighted by Crippen LogP contribution is 2.50. The molecule has 3 N–H and O–H groups in total. The van der Waals surface area contributed by atoms with Crippen LogP contribution in [0.3, 0.4) is 0 Å². The van der Waals surface area contributed by atoms with Gasteiger partial charge in [0.05, 0.1) is 29.0 Å². The van der Waals surface area contributed by atoms with E-state index in [1.54, 1.807) is 4.90 Å². The number of Topliss-reactive ketones (excluding diaryl/α,β-unsaturated/α-hetero) is 1. The van der Waals surface area contributed by atoms with Crippen molar-refractivity contribution in [3.8, 4) is 6.07 Å². The van der Waals surface area contributed by atoms with Crippen molar-refractivity contribution in [1.82, 2.24) is 10.2 Å². The molecule has 2 heterocycles. The fraction of sp³-hybridized carbons (Fsp3) is 0.276. The third-order valence-electron chi connectivity index (χ3n) is 6.91. The number of ketones is 1. The Morgan fingerprint density at radius 2 is 1.95 bits per heavy atom. The Labute approximate surface area is 243 Å². The Balaban J connectivity index is 1.45. The molecule has 8 nitrogen and oxygen atoms in total. The number of carbonyl (C=O) groups excluding carboxylic acids is 2. The van der Waals surface area contributed by atoms with Gasteiger partial charge in [-0.15, -0.1) is 10.2 Å². The summed E-state index contributed by atoms with van der Waals surface area (Å²) < 4.78 is 27.5. The van der Waals surface area contributed by atoms with Crippen LogP contribution in [0, 0.1) is 35.3 Å². The number of benzene rings is 2. The molecular weight excluding hydrogens is 566 g/mol. The monoisotopic (exact) mass is 592 g/mol. The van der Waals surface area contributed by atoms with Crippen LogP contribution in [0.15, 0.2) is 69.5 Å². The van der Waals surface area contributed by atoms with E-state index in [-0.39, 0.29) is 34.0 Å². The lowest BCUT2D eigenvalue weighted by Crippen LogP contribution is -2.42. The summed E-state index contributed by atoms with van der Waals surface area (Å²) in [6.07, 6.45) is 0.866. The summed E-state index contributed by atoms with van der Waals surface area (Å²) in [5.41, 5.74) is 9.52. The predicted octanol–water partition coefficient (Wildman–Crippen LogP) is 5.80. The molecule has 2 aliphatic rings. The Kier molecular flexibility index (Phi) is 7.68. The second kappa shape index (κ2) is 11.1. The molecular formula is C29H26F2N6O2S2. The van der Waals surface area contributed by atoms with Crippen LogP contribution < -0.4 is 16.0 Å². The van der Waals surface area contributed by atoms with Crippen molar-refractivity contribution < 1.29 is 18.4 Å². The van der Waals surface area contributed by atoms with Crippen molar-refractivity contribution in [2.45, 2.75) is 43.9 Å². The molecule has 1 amide bonds. The van der Waals surface area contributed by atoms with Crippen LogP contribution >= 0.6 is 23.1 Å². The average Bonchev–Trinajstić information content (AvgIpc) is 3.37. The number of nitrogens with two attached hydrogens (primary N) is 1. The number of hydrogen-bond acceptors (Lipinski definition) is 9. The first-order valence-corrected chi connectivity index (χ1v) is 14.5. The van der Waals surface area contributed by atoms with E-state index < -0.39 is 23.5 Å². The topological polar surface area (TPSA) is 125 Å². The number of aromatic nitrogens is 2. The van der Waals surface area contributed by atoms with Crippen LogP contribution in [-0.2, 0) is 9.59 Å². The van der Waals surface area contributed by atoms with E-state index in [1.807, 2.05) is 45.0 Å². The van der Waals surface area contributed by atoms with Crippen molar-refractivity contribution in [1.29, 1.82) is 5.26 Å². The quantitative estimate of drug-likeness (QED) is 0.344. The SMILES string of the molecule is Cc1ccc(C2C(C#N)=C(N)N(c3nnc(SCC(=O)Nc4ccc(F)cc4F)s3)C3=C2C(=O)CC(C)(C)C3)cc1. The summed E-state index contributed by atoms with van der Waals surface area (Å²) in [6.45, 7) is 5.99. The zero-order valence-electron chi connectivity index (χ0n) is 22.5. The molecule has 2 aromatic carbocycles. The minimum absolute atomic E-state index is 0.0455. The van der Waals surface area contributed by atoms with E-state index in [9.17, 15) is 23.6 Å². The fourth-order valence-corrected chi connectivity index (χ4v) is 6.76. The van der Waals surface area contributed by atoms with Gasteiger partial charge in [-0.25, -0.2) is 8.78 Å². The van der Waals surface area contributed by atoms with E-state index in [4.69, 9.17) is 5.73 Å². The summed E-state index contributed by atoms with van der Waals surface area (Å²) in [5.74, 6) is -2.68. The third-order valence-corrected chi connectivity index (χ3v) is 8.95. The van der Waals surface area contributed by atoms with Gasteiger partial charge in [0.1, 0.15) is 17.5 Å². The first-order chi connectivity index (χ1) is 19.5. The zero-order valence-corrected chi connectivity index (χ0v) is 24.1. The van der Waals surface area contributed by atoms with Crippen molar-refractivity contribution in [3.05, 3.63) is 87.9 Å². The molecule has 1 unspecified atom stereocenters.